The van der Waals surface area contributed by atoms with Crippen molar-refractivity contribution in [2.45, 2.75) is 19.3 Å². The molecule has 0 amide bonds. The van der Waals surface area contributed by atoms with E-state index < -0.39 is 0 Å². The average molecular weight is 285 g/mol. The molecule has 0 spiro atoms. The summed E-state index contributed by atoms with van der Waals surface area (Å²) in [6, 6.07) is 3.96. The first-order valence-corrected chi connectivity index (χ1v) is 6.00. The summed E-state index contributed by atoms with van der Waals surface area (Å²) in [7, 11) is 1.61. The third-order valence-corrected chi connectivity index (χ3v) is 3.41. The molecule has 1 aliphatic carbocycles. The van der Waals surface area contributed by atoms with Gasteiger partial charge in [0.25, 0.3) is 0 Å². The van der Waals surface area contributed by atoms with Crippen molar-refractivity contribution in [2.75, 3.05) is 13.7 Å². The number of halogens is 1. The standard InChI is InChI=1S/C12H13BrO3/c1-3-16-12(14)8-6-7-4-5-9(13)11(15-2)10(7)8/h4-5,8H,3,6H2,1-2H3. The number of rotatable bonds is 3. The number of carbonyl (C=O) groups excluding carboxylic acids is 1. The molecule has 0 bridgehead atoms. The molecule has 1 aromatic rings. The van der Waals surface area contributed by atoms with Gasteiger partial charge in [0.05, 0.1) is 24.1 Å². The third-order valence-electron chi connectivity index (χ3n) is 2.79. The van der Waals surface area contributed by atoms with E-state index in [4.69, 9.17) is 9.47 Å². The van der Waals surface area contributed by atoms with E-state index in [1.807, 2.05) is 19.1 Å². The Kier molecular flexibility index (Phi) is 3.19. The zero-order valence-corrected chi connectivity index (χ0v) is 10.8. The second-order valence-electron chi connectivity index (χ2n) is 3.66. The van der Waals surface area contributed by atoms with Gasteiger partial charge < -0.3 is 9.47 Å². The Morgan fingerprint density at radius 3 is 2.94 bits per heavy atom. The zero-order chi connectivity index (χ0) is 11.7. The number of esters is 1. The van der Waals surface area contributed by atoms with Crippen LogP contribution in [0.5, 0.6) is 5.75 Å². The second kappa shape index (κ2) is 4.45. The molecule has 1 atom stereocenters. The van der Waals surface area contributed by atoms with Crippen LogP contribution in [0.4, 0.5) is 0 Å². The fourth-order valence-electron chi connectivity index (χ4n) is 2.02. The van der Waals surface area contributed by atoms with Crippen LogP contribution in [0.15, 0.2) is 16.6 Å². The molecular weight excluding hydrogens is 272 g/mol. The van der Waals surface area contributed by atoms with Crippen LogP contribution in [0.3, 0.4) is 0 Å². The van der Waals surface area contributed by atoms with Gasteiger partial charge in [-0.1, -0.05) is 6.07 Å². The first-order valence-electron chi connectivity index (χ1n) is 5.21. The summed E-state index contributed by atoms with van der Waals surface area (Å²) < 4.78 is 11.2. The number of ether oxygens (including phenoxy) is 2. The summed E-state index contributed by atoms with van der Waals surface area (Å²) in [5.41, 5.74) is 2.13. The van der Waals surface area contributed by atoms with Crippen LogP contribution in [-0.2, 0) is 16.0 Å². The highest BCUT2D eigenvalue weighted by atomic mass is 79.9. The van der Waals surface area contributed by atoms with Gasteiger partial charge in [0.2, 0.25) is 0 Å². The van der Waals surface area contributed by atoms with E-state index in [2.05, 4.69) is 15.9 Å². The first-order chi connectivity index (χ1) is 7.69. The van der Waals surface area contributed by atoms with Crippen LogP contribution in [0.2, 0.25) is 0 Å². The lowest BCUT2D eigenvalue weighted by atomic mass is 9.77. The van der Waals surface area contributed by atoms with Crippen LogP contribution < -0.4 is 4.74 Å². The van der Waals surface area contributed by atoms with Crippen molar-refractivity contribution in [1.29, 1.82) is 0 Å². The predicted molar refractivity (Wildman–Crippen MR) is 63.8 cm³/mol. The minimum atomic E-state index is -0.164. The Bertz CT molecular complexity index is 429. The number of hydrogen-bond acceptors (Lipinski definition) is 3. The van der Waals surface area contributed by atoms with Gasteiger partial charge in [0.1, 0.15) is 5.75 Å². The average Bonchev–Trinajstić information content (AvgIpc) is 2.22. The molecule has 0 heterocycles. The molecule has 3 nitrogen and oxygen atoms in total. The maximum absolute atomic E-state index is 11.7. The fourth-order valence-corrected chi connectivity index (χ4v) is 2.52. The molecule has 0 saturated heterocycles. The SMILES string of the molecule is CCOC(=O)C1Cc2ccc(Br)c(OC)c21. The summed E-state index contributed by atoms with van der Waals surface area (Å²) in [5.74, 6) is 0.426. The topological polar surface area (TPSA) is 35.5 Å². The van der Waals surface area contributed by atoms with Crippen LogP contribution >= 0.6 is 15.9 Å². The molecule has 0 fully saturated rings. The zero-order valence-electron chi connectivity index (χ0n) is 9.25. The Morgan fingerprint density at radius 1 is 1.56 bits per heavy atom. The van der Waals surface area contributed by atoms with Gasteiger partial charge in [-0.2, -0.15) is 0 Å². The second-order valence-corrected chi connectivity index (χ2v) is 4.52. The van der Waals surface area contributed by atoms with Gasteiger partial charge in [-0.3, -0.25) is 4.79 Å². The highest BCUT2D eigenvalue weighted by Gasteiger charge is 2.37. The van der Waals surface area contributed by atoms with E-state index in [-0.39, 0.29) is 11.9 Å². The van der Waals surface area contributed by atoms with Gasteiger partial charge in [-0.05, 0) is 40.9 Å². The lowest BCUT2D eigenvalue weighted by Crippen LogP contribution is -2.27. The van der Waals surface area contributed by atoms with Crippen LogP contribution in [0.25, 0.3) is 0 Å². The van der Waals surface area contributed by atoms with Gasteiger partial charge in [0.15, 0.2) is 0 Å². The maximum Gasteiger partial charge on any atom is 0.313 e. The van der Waals surface area contributed by atoms with Crippen molar-refractivity contribution in [3.05, 3.63) is 27.7 Å². The van der Waals surface area contributed by atoms with E-state index in [1.54, 1.807) is 7.11 Å². The highest BCUT2D eigenvalue weighted by Crippen LogP contribution is 2.45. The van der Waals surface area contributed by atoms with Crippen molar-refractivity contribution in [3.63, 3.8) is 0 Å². The van der Waals surface area contributed by atoms with Crippen molar-refractivity contribution in [2.24, 2.45) is 0 Å². The molecule has 2 rings (SSSR count). The minimum absolute atomic E-state index is 0.161. The first kappa shape index (κ1) is 11.5. The highest BCUT2D eigenvalue weighted by molar-refractivity contribution is 9.10. The quantitative estimate of drug-likeness (QED) is 0.801. The Hall–Kier alpha value is -1.03. The molecule has 0 aromatic heterocycles. The van der Waals surface area contributed by atoms with Gasteiger partial charge in [0, 0.05) is 5.56 Å². The summed E-state index contributed by atoms with van der Waals surface area (Å²) in [5, 5.41) is 0. The number of fused-ring (bicyclic) bond motifs is 1. The summed E-state index contributed by atoms with van der Waals surface area (Å²) in [6.07, 6.45) is 0.748. The fraction of sp³-hybridized carbons (Fsp3) is 0.417. The Morgan fingerprint density at radius 2 is 2.31 bits per heavy atom. The monoisotopic (exact) mass is 284 g/mol. The number of methoxy groups -OCH3 is 1. The van der Waals surface area contributed by atoms with Crippen molar-refractivity contribution in [3.8, 4) is 5.75 Å². The third kappa shape index (κ3) is 1.71. The lowest BCUT2D eigenvalue weighted by molar-refractivity contribution is -0.145. The van der Waals surface area contributed by atoms with E-state index in [0.29, 0.717) is 6.61 Å². The van der Waals surface area contributed by atoms with Crippen LogP contribution in [0.1, 0.15) is 24.0 Å². The van der Waals surface area contributed by atoms with E-state index in [9.17, 15) is 4.79 Å². The van der Waals surface area contributed by atoms with Crippen molar-refractivity contribution in [1.82, 2.24) is 0 Å². The Labute approximate surface area is 103 Å². The molecule has 0 radical (unpaired) electrons. The molecule has 4 heteroatoms. The van der Waals surface area contributed by atoms with E-state index >= 15 is 0 Å². The van der Waals surface area contributed by atoms with E-state index in [0.717, 1.165) is 27.8 Å². The molecule has 1 aliphatic rings. The maximum atomic E-state index is 11.7. The van der Waals surface area contributed by atoms with Crippen LogP contribution in [0, 0.1) is 0 Å². The molecule has 1 aromatic carbocycles. The normalized spacial score (nSPS) is 17.3. The lowest BCUT2D eigenvalue weighted by Gasteiger charge is -2.30. The number of benzene rings is 1. The molecule has 0 aliphatic heterocycles. The molecule has 0 N–H and O–H groups in total. The number of carbonyl (C=O) groups is 1. The van der Waals surface area contributed by atoms with Gasteiger partial charge in [-0.25, -0.2) is 0 Å². The van der Waals surface area contributed by atoms with Crippen molar-refractivity contribution >= 4 is 21.9 Å². The molecule has 86 valence electrons. The van der Waals surface area contributed by atoms with Gasteiger partial charge >= 0.3 is 5.97 Å². The molecule has 1 unspecified atom stereocenters. The van der Waals surface area contributed by atoms with Crippen molar-refractivity contribution < 1.29 is 14.3 Å². The molecule has 0 saturated carbocycles. The predicted octanol–water partition coefficient (Wildman–Crippen LogP) is 2.66. The van der Waals surface area contributed by atoms with Crippen LogP contribution in [-0.4, -0.2) is 19.7 Å². The minimum Gasteiger partial charge on any atom is -0.495 e. The molecule has 16 heavy (non-hydrogen) atoms. The number of hydrogen-bond donors (Lipinski definition) is 0. The summed E-state index contributed by atoms with van der Waals surface area (Å²) >= 11 is 3.41. The largest absolute Gasteiger partial charge is 0.495 e. The molecular formula is C12H13BrO3. The Balaban J connectivity index is 2.33. The smallest absolute Gasteiger partial charge is 0.313 e. The van der Waals surface area contributed by atoms with Gasteiger partial charge in [-0.15, -0.1) is 0 Å². The van der Waals surface area contributed by atoms with E-state index in [1.165, 1.54) is 0 Å². The summed E-state index contributed by atoms with van der Waals surface area (Å²) in [4.78, 5) is 11.7. The summed E-state index contributed by atoms with van der Waals surface area (Å²) in [6.45, 7) is 2.23.